The van der Waals surface area contributed by atoms with Crippen molar-refractivity contribution in [2.75, 3.05) is 20.4 Å². The molecule has 20 heavy (non-hydrogen) atoms. The normalized spacial score (nSPS) is 11.2. The van der Waals surface area contributed by atoms with Crippen LogP contribution in [0.15, 0.2) is 60.7 Å². The first-order valence-corrected chi connectivity index (χ1v) is 9.71. The highest BCUT2D eigenvalue weighted by atomic mass is 31.1. The van der Waals surface area contributed by atoms with Crippen LogP contribution in [0.4, 0.5) is 0 Å². The molecule has 0 bridgehead atoms. The molecule has 1 radical (unpaired) electrons. The molecule has 0 amide bonds. The fraction of sp³-hybridized carbons (Fsp3) is 0.250. The minimum absolute atomic E-state index is 0.329. The fourth-order valence-electron chi connectivity index (χ4n) is 2.11. The molecule has 0 spiro atoms. The van der Waals surface area contributed by atoms with Gasteiger partial charge in [-0.3, -0.25) is 0 Å². The van der Waals surface area contributed by atoms with E-state index >= 15 is 0 Å². The maximum Gasteiger partial charge on any atom is 0.384 e. The van der Waals surface area contributed by atoms with E-state index in [1.807, 2.05) is 0 Å². The van der Waals surface area contributed by atoms with Crippen LogP contribution in [0.25, 0.3) is 0 Å². The van der Waals surface area contributed by atoms with E-state index in [-0.39, 0.29) is 7.92 Å². The van der Waals surface area contributed by atoms with E-state index in [4.69, 9.17) is 8.85 Å². The van der Waals surface area contributed by atoms with Crippen molar-refractivity contribution in [1.29, 1.82) is 0 Å². The molecule has 2 rings (SSSR count). The average molecular weight is 303 g/mol. The van der Waals surface area contributed by atoms with Crippen molar-refractivity contribution in [2.45, 2.75) is 6.04 Å². The molecule has 2 aromatic rings. The standard InChI is InChI=1S/C16H20O2PSi/c1-17-20(18-2)14-13-19(15-9-5-3-6-10-15)16-11-7-4-8-12-16/h3-12H,13-14H2,1-2H3. The minimum atomic E-state index is -1.12. The Hall–Kier alpha value is -0.993. The maximum absolute atomic E-state index is 5.41. The summed E-state index contributed by atoms with van der Waals surface area (Å²) in [6.07, 6.45) is 1.11. The molecule has 0 fully saturated rings. The van der Waals surface area contributed by atoms with E-state index in [9.17, 15) is 0 Å². The average Bonchev–Trinajstić information content (AvgIpc) is 2.53. The summed E-state index contributed by atoms with van der Waals surface area (Å²) in [6, 6.07) is 22.5. The van der Waals surface area contributed by atoms with Gasteiger partial charge >= 0.3 is 9.28 Å². The lowest BCUT2D eigenvalue weighted by molar-refractivity contribution is 0.279. The largest absolute Gasteiger partial charge is 0.397 e. The van der Waals surface area contributed by atoms with E-state index in [0.29, 0.717) is 0 Å². The molecule has 0 heterocycles. The summed E-state index contributed by atoms with van der Waals surface area (Å²) >= 11 is 0. The van der Waals surface area contributed by atoms with Gasteiger partial charge in [0.1, 0.15) is 0 Å². The minimum Gasteiger partial charge on any atom is -0.397 e. The third-order valence-corrected chi connectivity index (χ3v) is 7.63. The second-order valence-electron chi connectivity index (χ2n) is 4.35. The molecule has 0 aliphatic carbocycles. The summed E-state index contributed by atoms with van der Waals surface area (Å²) in [5.41, 5.74) is 0. The Balaban J connectivity index is 2.17. The summed E-state index contributed by atoms with van der Waals surface area (Å²) in [6.45, 7) is 0. The molecule has 0 N–H and O–H groups in total. The Labute approximate surface area is 124 Å². The predicted octanol–water partition coefficient (Wildman–Crippen LogP) is 2.90. The molecule has 0 saturated carbocycles. The fourth-order valence-corrected chi connectivity index (χ4v) is 6.19. The van der Waals surface area contributed by atoms with Gasteiger partial charge in [-0.25, -0.2) is 0 Å². The van der Waals surface area contributed by atoms with Gasteiger partial charge in [0.15, 0.2) is 0 Å². The van der Waals surface area contributed by atoms with Crippen LogP contribution in [0.5, 0.6) is 0 Å². The molecule has 2 aromatic carbocycles. The number of hydrogen-bond donors (Lipinski definition) is 0. The summed E-state index contributed by atoms with van der Waals surface area (Å²) in [7, 11) is 2.04. The molecule has 0 saturated heterocycles. The van der Waals surface area contributed by atoms with Crippen LogP contribution in [0.1, 0.15) is 0 Å². The van der Waals surface area contributed by atoms with Crippen LogP contribution in [0.3, 0.4) is 0 Å². The van der Waals surface area contributed by atoms with E-state index in [2.05, 4.69) is 60.7 Å². The molecule has 0 unspecified atom stereocenters. The molecule has 0 aliphatic rings. The van der Waals surface area contributed by atoms with Crippen molar-refractivity contribution >= 4 is 27.8 Å². The molecule has 2 nitrogen and oxygen atoms in total. The lowest BCUT2D eigenvalue weighted by Crippen LogP contribution is -2.22. The zero-order chi connectivity index (χ0) is 14.2. The quantitative estimate of drug-likeness (QED) is 0.578. The third kappa shape index (κ3) is 4.25. The first-order valence-electron chi connectivity index (χ1n) is 6.66. The van der Waals surface area contributed by atoms with Gasteiger partial charge in [-0.05, 0) is 30.7 Å². The van der Waals surface area contributed by atoms with Crippen molar-refractivity contribution in [3.63, 3.8) is 0 Å². The second kappa shape index (κ2) is 8.33. The molecule has 0 aromatic heterocycles. The lowest BCUT2D eigenvalue weighted by Gasteiger charge is -2.20. The third-order valence-electron chi connectivity index (χ3n) is 3.13. The first kappa shape index (κ1) is 15.4. The summed E-state index contributed by atoms with van der Waals surface area (Å²) in [5, 5.41) is 2.84. The highest BCUT2D eigenvalue weighted by Crippen LogP contribution is 2.34. The monoisotopic (exact) mass is 303 g/mol. The van der Waals surface area contributed by atoms with Gasteiger partial charge in [-0.2, -0.15) is 0 Å². The van der Waals surface area contributed by atoms with Gasteiger partial charge < -0.3 is 8.85 Å². The van der Waals surface area contributed by atoms with Crippen molar-refractivity contribution in [2.24, 2.45) is 0 Å². The van der Waals surface area contributed by atoms with Gasteiger partial charge in [-0.15, -0.1) is 0 Å². The molecule has 4 heteroatoms. The van der Waals surface area contributed by atoms with Crippen LogP contribution >= 0.6 is 7.92 Å². The van der Waals surface area contributed by atoms with Crippen molar-refractivity contribution < 1.29 is 8.85 Å². The van der Waals surface area contributed by atoms with Gasteiger partial charge in [0.2, 0.25) is 0 Å². The highest BCUT2D eigenvalue weighted by Gasteiger charge is 2.18. The van der Waals surface area contributed by atoms with E-state index in [0.717, 1.165) is 12.2 Å². The zero-order valence-electron chi connectivity index (χ0n) is 12.0. The Morgan fingerprint density at radius 3 is 1.65 bits per heavy atom. The molecule has 0 atom stereocenters. The molecular formula is C16H20O2PSi. The Morgan fingerprint density at radius 2 is 1.25 bits per heavy atom. The lowest BCUT2D eigenvalue weighted by atomic mass is 10.4. The Kier molecular flexibility index (Phi) is 6.41. The highest BCUT2D eigenvalue weighted by molar-refractivity contribution is 7.73. The topological polar surface area (TPSA) is 18.5 Å². The van der Waals surface area contributed by atoms with Crippen LogP contribution in [-0.4, -0.2) is 29.7 Å². The zero-order valence-corrected chi connectivity index (χ0v) is 13.8. The summed E-state index contributed by atoms with van der Waals surface area (Å²) in [5.74, 6) is 0. The summed E-state index contributed by atoms with van der Waals surface area (Å²) < 4.78 is 10.8. The van der Waals surface area contributed by atoms with Crippen LogP contribution in [-0.2, 0) is 8.85 Å². The van der Waals surface area contributed by atoms with Crippen molar-refractivity contribution in [3.05, 3.63) is 60.7 Å². The first-order chi connectivity index (χ1) is 9.85. The van der Waals surface area contributed by atoms with E-state index in [1.54, 1.807) is 14.2 Å². The Bertz CT molecular complexity index is 449. The number of hydrogen-bond acceptors (Lipinski definition) is 2. The van der Waals surface area contributed by atoms with Gasteiger partial charge in [0, 0.05) is 14.2 Å². The van der Waals surface area contributed by atoms with E-state index in [1.165, 1.54) is 10.6 Å². The predicted molar refractivity (Wildman–Crippen MR) is 88.5 cm³/mol. The van der Waals surface area contributed by atoms with Crippen molar-refractivity contribution in [3.8, 4) is 0 Å². The van der Waals surface area contributed by atoms with Crippen LogP contribution in [0.2, 0.25) is 6.04 Å². The van der Waals surface area contributed by atoms with Gasteiger partial charge in [0.05, 0.1) is 0 Å². The molecule has 0 aliphatic heterocycles. The molecular weight excluding hydrogens is 283 g/mol. The smallest absolute Gasteiger partial charge is 0.384 e. The van der Waals surface area contributed by atoms with E-state index < -0.39 is 9.28 Å². The Morgan fingerprint density at radius 1 is 0.800 bits per heavy atom. The molecule has 105 valence electrons. The maximum atomic E-state index is 5.41. The SMILES string of the molecule is CO[Si](CCP(c1ccccc1)c1ccccc1)OC. The van der Waals surface area contributed by atoms with Gasteiger partial charge in [0.25, 0.3) is 0 Å². The summed E-state index contributed by atoms with van der Waals surface area (Å²) in [4.78, 5) is 0. The van der Waals surface area contributed by atoms with Crippen molar-refractivity contribution in [1.82, 2.24) is 0 Å². The second-order valence-corrected chi connectivity index (χ2v) is 8.75. The van der Waals surface area contributed by atoms with Crippen LogP contribution < -0.4 is 10.6 Å². The van der Waals surface area contributed by atoms with Crippen LogP contribution in [0, 0.1) is 0 Å². The van der Waals surface area contributed by atoms with Gasteiger partial charge in [-0.1, -0.05) is 60.7 Å². The number of rotatable bonds is 7. The number of benzene rings is 2.